The van der Waals surface area contributed by atoms with Gasteiger partial charge in [0.2, 0.25) is 5.91 Å². The van der Waals surface area contributed by atoms with Gasteiger partial charge in [-0.25, -0.2) is 4.99 Å². The Bertz CT molecular complexity index is 1330. The molecule has 1 fully saturated rings. The van der Waals surface area contributed by atoms with Crippen LogP contribution in [0.4, 0.5) is 5.69 Å². The third-order valence-electron chi connectivity index (χ3n) is 6.95. The Morgan fingerprint density at radius 3 is 2.55 bits per heavy atom. The molecular formula is C28H30ClN5O3S. The number of allylic oxidation sites excluding steroid dienone is 1. The quantitative estimate of drug-likeness (QED) is 0.559. The van der Waals surface area contributed by atoms with Gasteiger partial charge in [0, 0.05) is 42.6 Å². The van der Waals surface area contributed by atoms with Crippen LogP contribution < -0.4 is 10.1 Å². The van der Waals surface area contributed by atoms with Crippen LogP contribution in [0.5, 0.6) is 5.75 Å². The lowest BCUT2D eigenvalue weighted by Crippen LogP contribution is -2.47. The SMILES string of the molecule is COc1ccc(NC(=O)C2=C(C)N=C3SC=C(CC(=O)N4CCN(C)CC4)N3[C@@H]2c2cccc(Cl)c2)cc1. The molecule has 38 heavy (non-hydrogen) atoms. The van der Waals surface area contributed by atoms with Crippen molar-refractivity contribution in [3.05, 3.63) is 81.5 Å². The number of likely N-dealkylation sites (N-methyl/N-ethyl adjacent to an activating group) is 1. The number of rotatable bonds is 6. The smallest absolute Gasteiger partial charge is 0.255 e. The third kappa shape index (κ3) is 5.45. The zero-order valence-corrected chi connectivity index (χ0v) is 23.2. The van der Waals surface area contributed by atoms with Crippen molar-refractivity contribution in [2.24, 2.45) is 4.99 Å². The lowest BCUT2D eigenvalue weighted by molar-refractivity contribution is -0.132. The van der Waals surface area contributed by atoms with Crippen LogP contribution in [-0.4, -0.2) is 72.0 Å². The first-order chi connectivity index (χ1) is 18.3. The number of nitrogens with one attached hydrogen (secondary N) is 1. The second-order valence-electron chi connectivity index (χ2n) is 9.49. The van der Waals surface area contributed by atoms with E-state index in [1.54, 1.807) is 31.4 Å². The Hall–Kier alpha value is -3.27. The molecule has 0 radical (unpaired) electrons. The van der Waals surface area contributed by atoms with Crippen LogP contribution in [0.25, 0.3) is 0 Å². The van der Waals surface area contributed by atoms with Crippen molar-refractivity contribution in [3.8, 4) is 5.75 Å². The summed E-state index contributed by atoms with van der Waals surface area (Å²) >= 11 is 7.88. The van der Waals surface area contributed by atoms with E-state index in [2.05, 4.69) is 17.3 Å². The minimum absolute atomic E-state index is 0.0755. The summed E-state index contributed by atoms with van der Waals surface area (Å²) in [5.41, 5.74) is 3.45. The number of carbonyl (C=O) groups is 2. The summed E-state index contributed by atoms with van der Waals surface area (Å²) < 4.78 is 5.23. The first kappa shape index (κ1) is 26.3. The number of methoxy groups -OCH3 is 1. The molecule has 0 unspecified atom stereocenters. The van der Waals surface area contributed by atoms with Crippen LogP contribution in [0, 0.1) is 0 Å². The Kier molecular flexibility index (Phi) is 7.78. The van der Waals surface area contributed by atoms with Crippen molar-refractivity contribution >= 4 is 46.0 Å². The maximum atomic E-state index is 13.8. The summed E-state index contributed by atoms with van der Waals surface area (Å²) in [5.74, 6) is 0.518. The van der Waals surface area contributed by atoms with E-state index in [0.29, 0.717) is 40.8 Å². The highest BCUT2D eigenvalue weighted by atomic mass is 35.5. The molecule has 2 amide bonds. The fourth-order valence-electron chi connectivity index (χ4n) is 4.85. The van der Waals surface area contributed by atoms with Crippen LogP contribution in [0.1, 0.15) is 24.9 Å². The largest absolute Gasteiger partial charge is 0.497 e. The fourth-order valence-corrected chi connectivity index (χ4v) is 6.01. The number of piperazine rings is 1. The van der Waals surface area contributed by atoms with Crippen molar-refractivity contribution in [2.45, 2.75) is 19.4 Å². The molecular weight excluding hydrogens is 522 g/mol. The number of benzene rings is 2. The molecule has 3 aliphatic heterocycles. The van der Waals surface area contributed by atoms with Gasteiger partial charge in [0.05, 0.1) is 30.8 Å². The van der Waals surface area contributed by atoms with E-state index in [1.807, 2.05) is 46.4 Å². The number of aliphatic imine (C=N–C) groups is 1. The van der Waals surface area contributed by atoms with Gasteiger partial charge in [-0.2, -0.15) is 0 Å². The molecule has 3 heterocycles. The lowest BCUT2D eigenvalue weighted by atomic mass is 9.93. The maximum Gasteiger partial charge on any atom is 0.255 e. The molecule has 5 rings (SSSR count). The molecule has 1 N–H and O–H groups in total. The van der Waals surface area contributed by atoms with Gasteiger partial charge in [-0.3, -0.25) is 9.59 Å². The van der Waals surface area contributed by atoms with Gasteiger partial charge in [0.15, 0.2) is 5.17 Å². The van der Waals surface area contributed by atoms with Crippen molar-refractivity contribution in [1.82, 2.24) is 14.7 Å². The van der Waals surface area contributed by atoms with Gasteiger partial charge in [-0.15, -0.1) is 0 Å². The van der Waals surface area contributed by atoms with E-state index in [-0.39, 0.29) is 18.2 Å². The molecule has 2 aromatic rings. The van der Waals surface area contributed by atoms with Crippen LogP contribution in [-0.2, 0) is 9.59 Å². The molecule has 2 aromatic carbocycles. The number of amides is 2. The molecule has 0 aliphatic carbocycles. The molecule has 0 aromatic heterocycles. The van der Waals surface area contributed by atoms with Crippen LogP contribution in [0.2, 0.25) is 5.02 Å². The molecule has 1 saturated heterocycles. The Balaban J connectivity index is 1.46. The van der Waals surface area contributed by atoms with Crippen molar-refractivity contribution in [1.29, 1.82) is 0 Å². The Labute approximate surface area is 232 Å². The second kappa shape index (κ2) is 11.2. The predicted molar refractivity (Wildman–Crippen MR) is 152 cm³/mol. The van der Waals surface area contributed by atoms with Crippen LogP contribution >= 0.6 is 23.4 Å². The van der Waals surface area contributed by atoms with Gasteiger partial charge < -0.3 is 24.8 Å². The number of amidine groups is 1. The highest BCUT2D eigenvalue weighted by molar-refractivity contribution is 8.16. The van der Waals surface area contributed by atoms with Crippen molar-refractivity contribution in [3.63, 3.8) is 0 Å². The maximum absolute atomic E-state index is 13.8. The van der Waals surface area contributed by atoms with Gasteiger partial charge in [0.1, 0.15) is 5.75 Å². The number of thioether (sulfide) groups is 1. The average molecular weight is 552 g/mol. The van der Waals surface area contributed by atoms with Gasteiger partial charge in [0.25, 0.3) is 5.91 Å². The molecule has 0 bridgehead atoms. The number of ether oxygens (including phenoxy) is 1. The van der Waals surface area contributed by atoms with E-state index in [4.69, 9.17) is 21.3 Å². The first-order valence-corrected chi connectivity index (χ1v) is 13.7. The normalized spacial score (nSPS) is 19.6. The summed E-state index contributed by atoms with van der Waals surface area (Å²) in [7, 11) is 3.67. The highest BCUT2D eigenvalue weighted by Gasteiger charge is 2.41. The first-order valence-electron chi connectivity index (χ1n) is 12.5. The lowest BCUT2D eigenvalue weighted by Gasteiger charge is -2.37. The summed E-state index contributed by atoms with van der Waals surface area (Å²) in [6.07, 6.45) is 0.235. The number of carbonyl (C=O) groups excluding carboxylic acids is 2. The average Bonchev–Trinajstić information content (AvgIpc) is 3.30. The molecule has 10 heteroatoms. The highest BCUT2D eigenvalue weighted by Crippen LogP contribution is 2.45. The predicted octanol–water partition coefficient (Wildman–Crippen LogP) is 4.73. The van der Waals surface area contributed by atoms with E-state index in [1.165, 1.54) is 11.8 Å². The summed E-state index contributed by atoms with van der Waals surface area (Å²) in [6, 6.07) is 14.2. The molecule has 0 saturated carbocycles. The minimum atomic E-state index is -0.485. The van der Waals surface area contributed by atoms with E-state index in [0.717, 1.165) is 29.5 Å². The molecule has 198 valence electrons. The fraction of sp³-hybridized carbons (Fsp3) is 0.321. The van der Waals surface area contributed by atoms with Gasteiger partial charge in [-0.1, -0.05) is 35.5 Å². The van der Waals surface area contributed by atoms with Crippen LogP contribution in [0.15, 0.2) is 75.9 Å². The third-order valence-corrected chi connectivity index (χ3v) is 8.07. The van der Waals surface area contributed by atoms with E-state index >= 15 is 0 Å². The zero-order valence-electron chi connectivity index (χ0n) is 21.6. The number of nitrogens with zero attached hydrogens (tertiary/aromatic N) is 4. The van der Waals surface area contributed by atoms with Crippen molar-refractivity contribution in [2.75, 3.05) is 45.7 Å². The van der Waals surface area contributed by atoms with Gasteiger partial charge in [-0.05, 0) is 61.3 Å². The number of hydrogen-bond donors (Lipinski definition) is 1. The molecule has 0 spiro atoms. The zero-order chi connectivity index (χ0) is 26.8. The number of hydrogen-bond acceptors (Lipinski definition) is 7. The molecule has 1 atom stereocenters. The summed E-state index contributed by atoms with van der Waals surface area (Å²) in [4.78, 5) is 38.0. The van der Waals surface area contributed by atoms with Crippen molar-refractivity contribution < 1.29 is 14.3 Å². The Morgan fingerprint density at radius 2 is 1.87 bits per heavy atom. The second-order valence-corrected chi connectivity index (χ2v) is 10.8. The molecule has 8 nitrogen and oxygen atoms in total. The number of anilines is 1. The Morgan fingerprint density at radius 1 is 1.13 bits per heavy atom. The van der Waals surface area contributed by atoms with Crippen LogP contribution in [0.3, 0.4) is 0 Å². The van der Waals surface area contributed by atoms with Gasteiger partial charge >= 0.3 is 0 Å². The number of fused-ring (bicyclic) bond motifs is 1. The summed E-state index contributed by atoms with van der Waals surface area (Å²) in [5, 5.41) is 6.30. The minimum Gasteiger partial charge on any atom is -0.497 e. The monoisotopic (exact) mass is 551 g/mol. The number of halogens is 1. The topological polar surface area (TPSA) is 77.5 Å². The summed E-state index contributed by atoms with van der Waals surface area (Å²) in [6.45, 7) is 4.99. The van der Waals surface area contributed by atoms with E-state index in [9.17, 15) is 9.59 Å². The van der Waals surface area contributed by atoms with E-state index < -0.39 is 6.04 Å². The molecule has 3 aliphatic rings. The standard InChI is InChI=1S/C28H30ClN5O3S/c1-18-25(27(36)31-21-7-9-23(37-3)10-8-21)26(19-5-4-6-20(29)15-19)34-22(17-38-28(34)30-18)16-24(35)33-13-11-32(2)12-14-33/h4-10,15,17,26H,11-14,16H2,1-3H3,(H,31,36)/t26-/m1/s1.